The molecule has 2 nitrogen and oxygen atoms in total. The van der Waals surface area contributed by atoms with Crippen molar-refractivity contribution in [2.45, 2.75) is 27.0 Å². The number of ether oxygens (including phenoxy) is 1. The minimum absolute atomic E-state index is 0.587. The van der Waals surface area contributed by atoms with E-state index in [0.29, 0.717) is 19.1 Å². The van der Waals surface area contributed by atoms with E-state index in [0.717, 1.165) is 17.6 Å². The molecule has 0 aliphatic rings. The highest BCUT2D eigenvalue weighted by Gasteiger charge is 2.02. The van der Waals surface area contributed by atoms with Crippen molar-refractivity contribution in [1.29, 1.82) is 0 Å². The maximum atomic E-state index is 5.44. The number of halogens is 1. The Balaban J connectivity index is 2.48. The normalized spacial score (nSPS) is 10.9. The van der Waals surface area contributed by atoms with Gasteiger partial charge in [-0.2, -0.15) is 0 Å². The Morgan fingerprint density at radius 2 is 2.22 bits per heavy atom. The van der Waals surface area contributed by atoms with E-state index in [1.807, 2.05) is 0 Å². The zero-order valence-corrected chi connectivity index (χ0v) is 12.8. The number of rotatable bonds is 8. The summed E-state index contributed by atoms with van der Waals surface area (Å²) in [6.45, 7) is 11.2. The molecule has 0 aliphatic carbocycles. The van der Waals surface area contributed by atoms with Crippen molar-refractivity contribution < 1.29 is 4.74 Å². The number of benzene rings is 1. The zero-order valence-electron chi connectivity index (χ0n) is 11.2. The molecule has 0 unspecified atom stereocenters. The predicted octanol–water partition coefficient (Wildman–Crippen LogP) is 3.90. The predicted molar refractivity (Wildman–Crippen MR) is 80.5 cm³/mol. The molecule has 100 valence electrons. The average molecular weight is 312 g/mol. The minimum atomic E-state index is 0.587. The van der Waals surface area contributed by atoms with Gasteiger partial charge in [-0.15, -0.1) is 6.58 Å². The highest BCUT2D eigenvalue weighted by Crippen LogP contribution is 2.19. The Morgan fingerprint density at radius 1 is 1.44 bits per heavy atom. The average Bonchev–Trinajstić information content (AvgIpc) is 2.31. The van der Waals surface area contributed by atoms with Gasteiger partial charge < -0.3 is 10.1 Å². The van der Waals surface area contributed by atoms with E-state index in [4.69, 9.17) is 4.74 Å². The Bertz CT molecular complexity index is 377. The minimum Gasteiger partial charge on any atom is -0.373 e. The van der Waals surface area contributed by atoms with E-state index in [2.05, 4.69) is 59.9 Å². The number of hydrogen-bond acceptors (Lipinski definition) is 2. The van der Waals surface area contributed by atoms with Crippen molar-refractivity contribution in [2.24, 2.45) is 5.92 Å². The van der Waals surface area contributed by atoms with Crippen LogP contribution in [0.15, 0.2) is 35.3 Å². The van der Waals surface area contributed by atoms with E-state index in [9.17, 15) is 0 Å². The molecule has 1 N–H and O–H groups in total. The summed E-state index contributed by atoms with van der Waals surface area (Å²) in [7, 11) is 0. The Morgan fingerprint density at radius 3 is 2.83 bits per heavy atom. The second-order valence-electron chi connectivity index (χ2n) is 4.75. The molecule has 0 atom stereocenters. The van der Waals surface area contributed by atoms with Gasteiger partial charge in [0.05, 0.1) is 13.2 Å². The molecule has 0 spiro atoms. The van der Waals surface area contributed by atoms with Crippen LogP contribution in [-0.2, 0) is 17.9 Å². The molecule has 0 fully saturated rings. The molecule has 1 rings (SSSR count). The molecule has 3 heteroatoms. The fraction of sp³-hybridized carbons (Fsp3) is 0.467. The van der Waals surface area contributed by atoms with Crippen molar-refractivity contribution in [3.05, 3.63) is 46.5 Å². The molecule has 0 amide bonds. The fourth-order valence-electron chi connectivity index (χ4n) is 1.58. The first-order chi connectivity index (χ1) is 8.63. The van der Waals surface area contributed by atoms with E-state index in [1.165, 1.54) is 11.1 Å². The topological polar surface area (TPSA) is 21.3 Å². The molecule has 1 aromatic carbocycles. The van der Waals surface area contributed by atoms with Gasteiger partial charge in [-0.3, -0.25) is 0 Å². The Labute approximate surface area is 119 Å². The molecular formula is C15H22BrNO. The first kappa shape index (κ1) is 15.4. The van der Waals surface area contributed by atoms with Crippen LogP contribution < -0.4 is 5.32 Å². The fourth-order valence-corrected chi connectivity index (χ4v) is 2.12. The highest BCUT2D eigenvalue weighted by atomic mass is 79.9. The summed E-state index contributed by atoms with van der Waals surface area (Å²) < 4.78 is 6.55. The highest BCUT2D eigenvalue weighted by molar-refractivity contribution is 9.10. The SMILES string of the molecule is C=CCOCc1ccc(CNCC(C)C)cc1Br. The first-order valence-electron chi connectivity index (χ1n) is 6.30. The molecule has 0 heterocycles. The van der Waals surface area contributed by atoms with E-state index in [1.54, 1.807) is 6.08 Å². The van der Waals surface area contributed by atoms with Gasteiger partial charge in [-0.25, -0.2) is 0 Å². The van der Waals surface area contributed by atoms with Crippen molar-refractivity contribution in [1.82, 2.24) is 5.32 Å². The van der Waals surface area contributed by atoms with Crippen molar-refractivity contribution in [3.8, 4) is 0 Å². The standard InChI is InChI=1S/C15H22BrNO/c1-4-7-18-11-14-6-5-13(8-15(14)16)10-17-9-12(2)3/h4-6,8,12,17H,1,7,9-11H2,2-3H3. The molecule has 18 heavy (non-hydrogen) atoms. The van der Waals surface area contributed by atoms with Crippen LogP contribution in [-0.4, -0.2) is 13.2 Å². The monoisotopic (exact) mass is 311 g/mol. The lowest BCUT2D eigenvalue weighted by Crippen LogP contribution is -2.18. The summed E-state index contributed by atoms with van der Waals surface area (Å²) in [5.41, 5.74) is 2.46. The lowest BCUT2D eigenvalue weighted by Gasteiger charge is -2.10. The van der Waals surface area contributed by atoms with Crippen LogP contribution >= 0.6 is 15.9 Å². The smallest absolute Gasteiger partial charge is 0.0732 e. The lowest BCUT2D eigenvalue weighted by atomic mass is 10.1. The van der Waals surface area contributed by atoms with Gasteiger partial charge in [0, 0.05) is 11.0 Å². The van der Waals surface area contributed by atoms with Gasteiger partial charge in [0.15, 0.2) is 0 Å². The number of hydrogen-bond donors (Lipinski definition) is 1. The molecule has 1 aromatic rings. The Kier molecular flexibility index (Phi) is 7.25. The van der Waals surface area contributed by atoms with Crippen LogP contribution in [0.4, 0.5) is 0 Å². The van der Waals surface area contributed by atoms with Crippen LogP contribution in [0.25, 0.3) is 0 Å². The zero-order chi connectivity index (χ0) is 13.4. The van der Waals surface area contributed by atoms with Crippen molar-refractivity contribution >= 4 is 15.9 Å². The largest absolute Gasteiger partial charge is 0.373 e. The second-order valence-corrected chi connectivity index (χ2v) is 5.61. The van der Waals surface area contributed by atoms with Gasteiger partial charge in [-0.1, -0.05) is 48.0 Å². The van der Waals surface area contributed by atoms with E-state index in [-0.39, 0.29) is 0 Å². The van der Waals surface area contributed by atoms with Gasteiger partial charge >= 0.3 is 0 Å². The van der Waals surface area contributed by atoms with E-state index >= 15 is 0 Å². The summed E-state index contributed by atoms with van der Waals surface area (Å²) in [5.74, 6) is 0.681. The first-order valence-corrected chi connectivity index (χ1v) is 7.09. The van der Waals surface area contributed by atoms with Crippen LogP contribution in [0.5, 0.6) is 0 Å². The van der Waals surface area contributed by atoms with E-state index < -0.39 is 0 Å². The molecule has 0 saturated carbocycles. The summed E-state index contributed by atoms with van der Waals surface area (Å²) in [6, 6.07) is 6.41. The maximum absolute atomic E-state index is 5.44. The third-order valence-corrected chi connectivity index (χ3v) is 3.23. The summed E-state index contributed by atoms with van der Waals surface area (Å²) in [5, 5.41) is 3.43. The molecule has 0 aliphatic heterocycles. The van der Waals surface area contributed by atoms with Gasteiger partial charge in [0.2, 0.25) is 0 Å². The quantitative estimate of drug-likeness (QED) is 0.581. The molecule has 0 saturated heterocycles. The van der Waals surface area contributed by atoms with Crippen LogP contribution in [0.2, 0.25) is 0 Å². The summed E-state index contributed by atoms with van der Waals surface area (Å²) in [4.78, 5) is 0. The molecular weight excluding hydrogens is 290 g/mol. The van der Waals surface area contributed by atoms with Gasteiger partial charge in [0.1, 0.15) is 0 Å². The number of nitrogens with one attached hydrogen (secondary N) is 1. The van der Waals surface area contributed by atoms with Crippen LogP contribution in [0.1, 0.15) is 25.0 Å². The third kappa shape index (κ3) is 5.80. The molecule has 0 aromatic heterocycles. The molecule has 0 radical (unpaired) electrons. The third-order valence-electron chi connectivity index (χ3n) is 2.49. The van der Waals surface area contributed by atoms with Crippen LogP contribution in [0, 0.1) is 5.92 Å². The van der Waals surface area contributed by atoms with Gasteiger partial charge in [0.25, 0.3) is 0 Å². The second kappa shape index (κ2) is 8.46. The van der Waals surface area contributed by atoms with Crippen molar-refractivity contribution in [2.75, 3.05) is 13.2 Å². The summed E-state index contributed by atoms with van der Waals surface area (Å²) >= 11 is 3.59. The van der Waals surface area contributed by atoms with Crippen LogP contribution in [0.3, 0.4) is 0 Å². The Hall–Kier alpha value is -0.640. The van der Waals surface area contributed by atoms with Gasteiger partial charge in [-0.05, 0) is 29.7 Å². The maximum Gasteiger partial charge on any atom is 0.0732 e. The van der Waals surface area contributed by atoms with Crippen molar-refractivity contribution in [3.63, 3.8) is 0 Å². The molecule has 0 bridgehead atoms. The lowest BCUT2D eigenvalue weighted by molar-refractivity contribution is 0.148. The summed E-state index contributed by atoms with van der Waals surface area (Å²) in [6.07, 6.45) is 1.76.